The number of halogens is 1. The minimum atomic E-state index is 0.445. The highest BCUT2D eigenvalue weighted by molar-refractivity contribution is 9.10. The summed E-state index contributed by atoms with van der Waals surface area (Å²) < 4.78 is 6.03. The molecule has 0 N–H and O–H groups in total. The average Bonchev–Trinajstić information content (AvgIpc) is 2.03. The molecule has 0 atom stereocenters. The van der Waals surface area contributed by atoms with Gasteiger partial charge in [-0.2, -0.15) is 0 Å². The van der Waals surface area contributed by atoms with Gasteiger partial charge in [0.25, 0.3) is 0 Å². The van der Waals surface area contributed by atoms with Gasteiger partial charge in [-0.15, -0.1) is 0 Å². The van der Waals surface area contributed by atoms with Crippen LogP contribution in [0.15, 0.2) is 16.9 Å². The van der Waals surface area contributed by atoms with Crippen LogP contribution in [0.1, 0.15) is 25.3 Å². The Morgan fingerprint density at radius 1 is 1.50 bits per heavy atom. The summed E-state index contributed by atoms with van der Waals surface area (Å²) in [6, 6.07) is 1.88. The lowest BCUT2D eigenvalue weighted by molar-refractivity contribution is 0.406. The molecule has 0 radical (unpaired) electrons. The predicted molar refractivity (Wildman–Crippen MR) is 52.6 cm³/mol. The highest BCUT2D eigenvalue weighted by Gasteiger charge is 2.07. The molecule has 0 aliphatic rings. The molecular weight excluding hydrogens is 218 g/mol. The molecule has 1 aromatic rings. The minimum absolute atomic E-state index is 0.445. The lowest BCUT2D eigenvalue weighted by atomic mass is 10.1. The Morgan fingerprint density at radius 3 is 2.67 bits per heavy atom. The molecule has 0 saturated carbocycles. The first-order valence-corrected chi connectivity index (χ1v) is 4.64. The smallest absolute Gasteiger partial charge is 0.126 e. The molecule has 0 bridgehead atoms. The van der Waals surface area contributed by atoms with Gasteiger partial charge in [-0.25, -0.2) is 4.98 Å². The van der Waals surface area contributed by atoms with E-state index in [4.69, 9.17) is 4.74 Å². The summed E-state index contributed by atoms with van der Waals surface area (Å²) in [5, 5.41) is 0. The number of hydrogen-bond acceptors (Lipinski definition) is 2. The zero-order valence-electron chi connectivity index (χ0n) is 7.47. The molecule has 2 nitrogen and oxygen atoms in total. The Bertz CT molecular complexity index is 273. The van der Waals surface area contributed by atoms with Gasteiger partial charge in [0.05, 0.1) is 7.11 Å². The third-order valence-electron chi connectivity index (χ3n) is 1.70. The fourth-order valence-electron chi connectivity index (χ4n) is 1.03. The maximum Gasteiger partial charge on any atom is 0.126 e. The average molecular weight is 230 g/mol. The number of methoxy groups -OCH3 is 1. The van der Waals surface area contributed by atoms with Crippen molar-refractivity contribution in [3.8, 4) is 5.75 Å². The van der Waals surface area contributed by atoms with E-state index in [0.29, 0.717) is 5.92 Å². The van der Waals surface area contributed by atoms with Gasteiger partial charge in [-0.1, -0.05) is 13.8 Å². The monoisotopic (exact) mass is 229 g/mol. The number of hydrogen-bond donors (Lipinski definition) is 0. The SMILES string of the molecule is COc1cc(Br)ncc1C(C)C. The maximum atomic E-state index is 5.22. The van der Waals surface area contributed by atoms with E-state index in [1.807, 2.05) is 12.3 Å². The van der Waals surface area contributed by atoms with Crippen LogP contribution >= 0.6 is 15.9 Å². The fourth-order valence-corrected chi connectivity index (χ4v) is 1.34. The Kier molecular flexibility index (Phi) is 3.09. The molecular formula is C9H12BrNO. The molecule has 3 heteroatoms. The number of aromatic nitrogens is 1. The molecule has 66 valence electrons. The maximum absolute atomic E-state index is 5.22. The van der Waals surface area contributed by atoms with E-state index >= 15 is 0 Å². The van der Waals surface area contributed by atoms with Gasteiger partial charge < -0.3 is 4.74 Å². The molecule has 12 heavy (non-hydrogen) atoms. The van der Waals surface area contributed by atoms with E-state index in [1.54, 1.807) is 7.11 Å². The van der Waals surface area contributed by atoms with Crippen molar-refractivity contribution >= 4 is 15.9 Å². The fraction of sp³-hybridized carbons (Fsp3) is 0.444. The number of nitrogens with zero attached hydrogens (tertiary/aromatic N) is 1. The van der Waals surface area contributed by atoms with E-state index in [1.165, 1.54) is 0 Å². The first-order chi connectivity index (χ1) is 5.65. The standard InChI is InChI=1S/C9H12BrNO/c1-6(2)7-5-11-9(10)4-8(7)12-3/h4-6H,1-3H3. The molecule has 0 aliphatic carbocycles. The Labute approximate surface area is 81.1 Å². The number of rotatable bonds is 2. The van der Waals surface area contributed by atoms with Crippen LogP contribution in [-0.4, -0.2) is 12.1 Å². The summed E-state index contributed by atoms with van der Waals surface area (Å²) in [4.78, 5) is 4.15. The predicted octanol–water partition coefficient (Wildman–Crippen LogP) is 2.98. The van der Waals surface area contributed by atoms with Crippen LogP contribution in [0, 0.1) is 0 Å². The molecule has 0 saturated heterocycles. The molecule has 0 aliphatic heterocycles. The zero-order valence-corrected chi connectivity index (χ0v) is 9.05. The van der Waals surface area contributed by atoms with Crippen LogP contribution in [-0.2, 0) is 0 Å². The van der Waals surface area contributed by atoms with Gasteiger partial charge in [0, 0.05) is 17.8 Å². The second-order valence-electron chi connectivity index (χ2n) is 2.90. The molecule has 1 aromatic heterocycles. The number of pyridine rings is 1. The van der Waals surface area contributed by atoms with Gasteiger partial charge in [-0.05, 0) is 21.8 Å². The van der Waals surface area contributed by atoms with Gasteiger partial charge in [0.2, 0.25) is 0 Å². The Morgan fingerprint density at radius 2 is 2.17 bits per heavy atom. The van der Waals surface area contributed by atoms with Gasteiger partial charge in [0.15, 0.2) is 0 Å². The highest BCUT2D eigenvalue weighted by Crippen LogP contribution is 2.27. The van der Waals surface area contributed by atoms with Crippen LogP contribution in [0.3, 0.4) is 0 Å². The quantitative estimate of drug-likeness (QED) is 0.728. The summed E-state index contributed by atoms with van der Waals surface area (Å²) in [6.07, 6.45) is 1.84. The van der Waals surface area contributed by atoms with Crippen molar-refractivity contribution in [1.29, 1.82) is 0 Å². The normalized spacial score (nSPS) is 10.4. The minimum Gasteiger partial charge on any atom is -0.496 e. The van der Waals surface area contributed by atoms with Gasteiger partial charge in [0.1, 0.15) is 10.4 Å². The van der Waals surface area contributed by atoms with Crippen LogP contribution < -0.4 is 4.74 Å². The lowest BCUT2D eigenvalue weighted by Gasteiger charge is -2.10. The van der Waals surface area contributed by atoms with E-state index in [9.17, 15) is 0 Å². The van der Waals surface area contributed by atoms with Gasteiger partial charge in [-0.3, -0.25) is 0 Å². The third-order valence-corrected chi connectivity index (χ3v) is 2.14. The van der Waals surface area contributed by atoms with Gasteiger partial charge >= 0.3 is 0 Å². The van der Waals surface area contributed by atoms with Crippen LogP contribution in [0.2, 0.25) is 0 Å². The van der Waals surface area contributed by atoms with Crippen molar-refractivity contribution in [2.75, 3.05) is 7.11 Å². The van der Waals surface area contributed by atoms with Crippen LogP contribution in [0.5, 0.6) is 5.75 Å². The van der Waals surface area contributed by atoms with E-state index in [-0.39, 0.29) is 0 Å². The van der Waals surface area contributed by atoms with Crippen molar-refractivity contribution < 1.29 is 4.74 Å². The van der Waals surface area contributed by atoms with Crippen molar-refractivity contribution in [3.63, 3.8) is 0 Å². The van der Waals surface area contributed by atoms with Crippen LogP contribution in [0.25, 0.3) is 0 Å². The lowest BCUT2D eigenvalue weighted by Crippen LogP contribution is -1.95. The van der Waals surface area contributed by atoms with E-state index < -0.39 is 0 Å². The Balaban J connectivity index is 3.11. The third kappa shape index (κ3) is 1.97. The largest absolute Gasteiger partial charge is 0.496 e. The first-order valence-electron chi connectivity index (χ1n) is 3.84. The second-order valence-corrected chi connectivity index (χ2v) is 3.72. The van der Waals surface area contributed by atoms with Crippen LogP contribution in [0.4, 0.5) is 0 Å². The first kappa shape index (κ1) is 9.52. The summed E-state index contributed by atoms with van der Waals surface area (Å²) in [6.45, 7) is 4.24. The topological polar surface area (TPSA) is 22.1 Å². The molecule has 0 spiro atoms. The highest BCUT2D eigenvalue weighted by atomic mass is 79.9. The van der Waals surface area contributed by atoms with Crippen molar-refractivity contribution in [3.05, 3.63) is 22.4 Å². The summed E-state index contributed by atoms with van der Waals surface area (Å²) >= 11 is 3.30. The molecule has 0 fully saturated rings. The second kappa shape index (κ2) is 3.90. The zero-order chi connectivity index (χ0) is 9.14. The molecule has 0 aromatic carbocycles. The van der Waals surface area contributed by atoms with Crippen molar-refractivity contribution in [2.45, 2.75) is 19.8 Å². The molecule has 1 heterocycles. The van der Waals surface area contributed by atoms with E-state index in [0.717, 1.165) is 15.9 Å². The number of ether oxygens (including phenoxy) is 1. The van der Waals surface area contributed by atoms with Crippen molar-refractivity contribution in [2.24, 2.45) is 0 Å². The molecule has 0 unspecified atom stereocenters. The van der Waals surface area contributed by atoms with Crippen molar-refractivity contribution in [1.82, 2.24) is 4.98 Å². The summed E-state index contributed by atoms with van der Waals surface area (Å²) in [7, 11) is 1.67. The van der Waals surface area contributed by atoms with E-state index in [2.05, 4.69) is 34.8 Å². The molecule has 1 rings (SSSR count). The Hall–Kier alpha value is -0.570. The summed E-state index contributed by atoms with van der Waals surface area (Å²) in [5.41, 5.74) is 1.14. The summed E-state index contributed by atoms with van der Waals surface area (Å²) in [5.74, 6) is 1.34. The molecule has 0 amide bonds.